The van der Waals surface area contributed by atoms with Gasteiger partial charge in [0, 0.05) is 38.3 Å². The van der Waals surface area contributed by atoms with Gasteiger partial charge in [0.2, 0.25) is 11.8 Å². The van der Waals surface area contributed by atoms with E-state index in [1.807, 2.05) is 35.2 Å². The molecule has 1 atom stereocenters. The smallest absolute Gasteiger partial charge is 0.260 e. The lowest BCUT2D eigenvalue weighted by atomic mass is 10.1. The molecular formula is C24H27N3O4. The van der Waals surface area contributed by atoms with Crippen molar-refractivity contribution >= 4 is 23.4 Å². The first-order valence-corrected chi connectivity index (χ1v) is 10.7. The highest BCUT2D eigenvalue weighted by molar-refractivity contribution is 6.00. The number of ether oxygens (including phenoxy) is 1. The van der Waals surface area contributed by atoms with Gasteiger partial charge in [-0.25, -0.2) is 0 Å². The van der Waals surface area contributed by atoms with E-state index in [9.17, 15) is 14.4 Å². The number of carbonyl (C=O) groups is 3. The quantitative estimate of drug-likeness (QED) is 0.744. The fourth-order valence-corrected chi connectivity index (χ4v) is 3.99. The molecule has 4 rings (SSSR count). The summed E-state index contributed by atoms with van der Waals surface area (Å²) in [5, 5.41) is 2.92. The standard InChI is InChI=1S/C24H27N3O4/c28-22-14-19(24(30)25-15-18-6-2-1-3-7-18)16-27(22)20-8-10-21(11-9-20)31-17-23(29)26-12-4-5-13-26/h1-3,6-11,19H,4-5,12-17H2,(H,25,30)/t19-/m0/s1. The molecule has 0 radical (unpaired) electrons. The number of benzene rings is 2. The van der Waals surface area contributed by atoms with Crippen molar-refractivity contribution in [3.05, 3.63) is 60.2 Å². The van der Waals surface area contributed by atoms with Gasteiger partial charge in [-0.15, -0.1) is 0 Å². The summed E-state index contributed by atoms with van der Waals surface area (Å²) in [4.78, 5) is 40.5. The number of anilines is 1. The average molecular weight is 421 g/mol. The van der Waals surface area contributed by atoms with E-state index in [2.05, 4.69) is 5.32 Å². The van der Waals surface area contributed by atoms with Crippen LogP contribution in [-0.4, -0.2) is 48.9 Å². The second kappa shape index (κ2) is 9.64. The molecule has 162 valence electrons. The Kier molecular flexibility index (Phi) is 6.50. The Labute approximate surface area is 182 Å². The lowest BCUT2D eigenvalue weighted by Gasteiger charge is -2.18. The summed E-state index contributed by atoms with van der Waals surface area (Å²) in [5.74, 6) is 0.0313. The molecule has 7 nitrogen and oxygen atoms in total. The van der Waals surface area contributed by atoms with Crippen LogP contribution < -0.4 is 15.0 Å². The molecule has 0 bridgehead atoms. The second-order valence-electron chi connectivity index (χ2n) is 7.98. The third-order valence-corrected chi connectivity index (χ3v) is 5.77. The van der Waals surface area contributed by atoms with E-state index in [0.717, 1.165) is 37.2 Å². The molecule has 31 heavy (non-hydrogen) atoms. The molecule has 2 aromatic carbocycles. The zero-order valence-electron chi connectivity index (χ0n) is 17.5. The van der Waals surface area contributed by atoms with Crippen LogP contribution in [0.5, 0.6) is 5.75 Å². The maximum absolute atomic E-state index is 12.5. The first kappa shape index (κ1) is 20.9. The zero-order chi connectivity index (χ0) is 21.6. The van der Waals surface area contributed by atoms with E-state index in [1.165, 1.54) is 0 Å². The molecule has 7 heteroatoms. The van der Waals surface area contributed by atoms with Gasteiger partial charge in [0.25, 0.3) is 5.91 Å². The Morgan fingerprint density at radius 1 is 1.00 bits per heavy atom. The summed E-state index contributed by atoms with van der Waals surface area (Å²) in [6.45, 7) is 2.43. The van der Waals surface area contributed by atoms with Crippen molar-refractivity contribution in [3.8, 4) is 5.75 Å². The summed E-state index contributed by atoms with van der Waals surface area (Å²) in [6.07, 6.45) is 2.30. The Bertz CT molecular complexity index is 924. The summed E-state index contributed by atoms with van der Waals surface area (Å²) in [6, 6.07) is 16.8. The van der Waals surface area contributed by atoms with Gasteiger partial charge in [-0.1, -0.05) is 30.3 Å². The number of amides is 3. The Hall–Kier alpha value is -3.35. The predicted octanol–water partition coefficient (Wildman–Crippen LogP) is 2.36. The highest BCUT2D eigenvalue weighted by atomic mass is 16.5. The van der Waals surface area contributed by atoms with Crippen molar-refractivity contribution in [2.24, 2.45) is 5.92 Å². The summed E-state index contributed by atoms with van der Waals surface area (Å²) in [5.41, 5.74) is 1.75. The molecule has 2 heterocycles. The van der Waals surface area contributed by atoms with Crippen molar-refractivity contribution in [3.63, 3.8) is 0 Å². The number of carbonyl (C=O) groups excluding carboxylic acids is 3. The van der Waals surface area contributed by atoms with Crippen molar-refractivity contribution in [1.29, 1.82) is 0 Å². The molecule has 1 N–H and O–H groups in total. The van der Waals surface area contributed by atoms with Crippen LogP contribution in [0.3, 0.4) is 0 Å². The van der Waals surface area contributed by atoms with E-state index in [-0.39, 0.29) is 36.7 Å². The number of rotatable bonds is 7. The average Bonchev–Trinajstić information content (AvgIpc) is 3.47. The van der Waals surface area contributed by atoms with Gasteiger partial charge in [0.1, 0.15) is 5.75 Å². The molecule has 2 aromatic rings. The van der Waals surface area contributed by atoms with Crippen molar-refractivity contribution in [1.82, 2.24) is 10.2 Å². The molecule has 0 unspecified atom stereocenters. The molecule has 0 aromatic heterocycles. The third kappa shape index (κ3) is 5.23. The fourth-order valence-electron chi connectivity index (χ4n) is 3.99. The Morgan fingerprint density at radius 2 is 1.71 bits per heavy atom. The zero-order valence-corrected chi connectivity index (χ0v) is 17.5. The van der Waals surface area contributed by atoms with Gasteiger partial charge in [-0.2, -0.15) is 0 Å². The van der Waals surface area contributed by atoms with Crippen LogP contribution in [0.25, 0.3) is 0 Å². The minimum absolute atomic E-state index is 0.000606. The number of nitrogens with one attached hydrogen (secondary N) is 1. The first-order chi connectivity index (χ1) is 15.1. The molecule has 0 aliphatic carbocycles. The molecule has 2 aliphatic heterocycles. The summed E-state index contributed by atoms with van der Waals surface area (Å²) >= 11 is 0. The molecule has 0 spiro atoms. The minimum atomic E-state index is -0.370. The lowest BCUT2D eigenvalue weighted by molar-refractivity contribution is -0.132. The van der Waals surface area contributed by atoms with Gasteiger partial charge in [0.05, 0.1) is 5.92 Å². The Balaban J connectivity index is 1.28. The minimum Gasteiger partial charge on any atom is -0.484 e. The van der Waals surface area contributed by atoms with E-state index in [1.54, 1.807) is 29.2 Å². The van der Waals surface area contributed by atoms with Crippen LogP contribution in [0, 0.1) is 5.92 Å². The summed E-state index contributed by atoms with van der Waals surface area (Å²) in [7, 11) is 0. The maximum atomic E-state index is 12.5. The largest absolute Gasteiger partial charge is 0.484 e. The number of hydrogen-bond acceptors (Lipinski definition) is 4. The van der Waals surface area contributed by atoms with Gasteiger partial charge in [0.15, 0.2) is 6.61 Å². The third-order valence-electron chi connectivity index (χ3n) is 5.77. The van der Waals surface area contributed by atoms with Crippen LogP contribution in [0.4, 0.5) is 5.69 Å². The molecule has 2 saturated heterocycles. The molecule has 3 amide bonds. The normalized spacial score (nSPS) is 18.3. The number of hydrogen-bond donors (Lipinski definition) is 1. The number of nitrogens with zero attached hydrogens (tertiary/aromatic N) is 2. The van der Waals surface area contributed by atoms with Gasteiger partial charge in [-0.05, 0) is 42.7 Å². The van der Waals surface area contributed by atoms with Crippen molar-refractivity contribution in [2.75, 3.05) is 31.1 Å². The van der Waals surface area contributed by atoms with Gasteiger partial charge < -0.3 is 19.9 Å². The fraction of sp³-hybridized carbons (Fsp3) is 0.375. The van der Waals surface area contributed by atoms with Crippen LogP contribution in [0.1, 0.15) is 24.8 Å². The number of likely N-dealkylation sites (tertiary alicyclic amines) is 1. The highest BCUT2D eigenvalue weighted by Gasteiger charge is 2.35. The van der Waals surface area contributed by atoms with Crippen LogP contribution in [0.15, 0.2) is 54.6 Å². The van der Waals surface area contributed by atoms with Crippen LogP contribution in [-0.2, 0) is 20.9 Å². The van der Waals surface area contributed by atoms with Gasteiger partial charge >= 0.3 is 0 Å². The molecular weight excluding hydrogens is 394 g/mol. The van der Waals surface area contributed by atoms with Gasteiger partial charge in [-0.3, -0.25) is 14.4 Å². The predicted molar refractivity (Wildman–Crippen MR) is 116 cm³/mol. The topological polar surface area (TPSA) is 79.0 Å². The lowest BCUT2D eigenvalue weighted by Crippen LogP contribution is -2.32. The highest BCUT2D eigenvalue weighted by Crippen LogP contribution is 2.27. The Morgan fingerprint density at radius 3 is 2.42 bits per heavy atom. The first-order valence-electron chi connectivity index (χ1n) is 10.7. The van der Waals surface area contributed by atoms with E-state index >= 15 is 0 Å². The second-order valence-corrected chi connectivity index (χ2v) is 7.98. The monoisotopic (exact) mass is 421 g/mol. The molecule has 2 fully saturated rings. The maximum Gasteiger partial charge on any atom is 0.260 e. The van der Waals surface area contributed by atoms with Crippen LogP contribution >= 0.6 is 0 Å². The molecule has 2 aliphatic rings. The summed E-state index contributed by atoms with van der Waals surface area (Å²) < 4.78 is 5.60. The molecule has 0 saturated carbocycles. The van der Waals surface area contributed by atoms with Crippen LogP contribution in [0.2, 0.25) is 0 Å². The van der Waals surface area contributed by atoms with Crippen molar-refractivity contribution in [2.45, 2.75) is 25.8 Å². The van der Waals surface area contributed by atoms with E-state index in [4.69, 9.17) is 4.74 Å². The van der Waals surface area contributed by atoms with Crippen molar-refractivity contribution < 1.29 is 19.1 Å². The van der Waals surface area contributed by atoms with E-state index in [0.29, 0.717) is 18.8 Å². The van der Waals surface area contributed by atoms with E-state index < -0.39 is 0 Å². The SMILES string of the molecule is O=C(NCc1ccccc1)[C@H]1CC(=O)N(c2ccc(OCC(=O)N3CCCC3)cc2)C1.